The molecule has 0 amide bonds. The monoisotopic (exact) mass is 1150 g/mol. The zero-order valence-electron chi connectivity index (χ0n) is 49.5. The standard InChI is InChI=1S/C14H26O4.C12H18O4.C10H20O5.C9H18O5.C5H12O2.C4H6O3.BHO/c1-11(17)3-5-13(7-9-15)14(8-10-16)6-4-12(2)18;13-11-3-1-9(5-7-15-11)10-2-4-12(14)16-8-6-10;1-3-5-13-8-9-15-10(11)14-7-4-6-12-2;1-2-5-12-7-8-14-9(11)13-6-3-4-10;1-2-4-7-5-3-6;5-4-6-2-1-3-7-4;1-2/h13-16H,3-10H2,1-2H3;9-10H,1-8H2;3-9H2,1-2H3;10H,2-8H2,1H3;6H,2-5H2,1H3;1-3H2;1H/i;;;;;;1D. The quantitative estimate of drug-likeness (QED) is 0.0248. The average Bonchev–Trinajstić information content (AvgIpc) is 3.80. The van der Waals surface area contributed by atoms with Crippen LogP contribution in [0.3, 0.4) is 0 Å². The Hall–Kier alpha value is -4.37. The molecule has 0 aliphatic carbocycles. The van der Waals surface area contributed by atoms with Crippen molar-refractivity contribution >= 4 is 49.7 Å². The van der Waals surface area contributed by atoms with Gasteiger partial charge in [0.05, 0.1) is 66.1 Å². The second kappa shape index (κ2) is 64.5. The molecule has 0 saturated carbocycles. The predicted octanol–water partition coefficient (Wildman–Crippen LogP) is 6.13. The Morgan fingerprint density at radius 1 is 0.532 bits per heavy atom. The van der Waals surface area contributed by atoms with Crippen molar-refractivity contribution in [3.63, 3.8) is 0 Å². The molecule has 79 heavy (non-hydrogen) atoms. The van der Waals surface area contributed by atoms with Gasteiger partial charge in [-0.05, 0) is 108 Å². The molecule has 464 valence electrons. The van der Waals surface area contributed by atoms with Crippen molar-refractivity contribution in [1.82, 2.24) is 0 Å². The van der Waals surface area contributed by atoms with Crippen LogP contribution in [0, 0.1) is 23.7 Å². The van der Waals surface area contributed by atoms with Crippen molar-refractivity contribution in [2.45, 2.75) is 150 Å². The molecule has 3 aliphatic rings. The first-order valence-corrected chi connectivity index (χ1v) is 27.8. The number of ether oxygens (including phenoxy) is 12. The van der Waals surface area contributed by atoms with Crippen LogP contribution in [-0.4, -0.2) is 204 Å². The van der Waals surface area contributed by atoms with Gasteiger partial charge in [-0.25, -0.2) is 14.4 Å². The van der Waals surface area contributed by atoms with Crippen LogP contribution in [0.2, 0.25) is 0 Å². The zero-order chi connectivity index (χ0) is 60.7. The Morgan fingerprint density at radius 2 is 0.937 bits per heavy atom. The molecule has 3 saturated heterocycles. The summed E-state index contributed by atoms with van der Waals surface area (Å²) in [6, 6.07) is 0. The van der Waals surface area contributed by atoms with Crippen LogP contribution in [0.5, 0.6) is 0 Å². The van der Waals surface area contributed by atoms with Gasteiger partial charge in [0.25, 0.3) is 0 Å². The molecule has 0 radical (unpaired) electrons. The first kappa shape index (κ1) is 78.9. The fraction of sp³-hybridized carbons (Fsp3) is 0.870. The fourth-order valence-corrected chi connectivity index (χ4v) is 7.22. The number of esters is 2. The Bertz CT molecular complexity index is 1420. The molecule has 3 heterocycles. The summed E-state index contributed by atoms with van der Waals surface area (Å²) in [5, 5.41) is 34.7. The van der Waals surface area contributed by atoms with Gasteiger partial charge in [-0.2, -0.15) is 0 Å². The van der Waals surface area contributed by atoms with E-state index in [2.05, 4.69) is 18.9 Å². The molecule has 4 unspecified atom stereocenters. The zero-order valence-corrected chi connectivity index (χ0v) is 48.5. The third kappa shape index (κ3) is 61.1. The van der Waals surface area contributed by atoms with E-state index in [9.17, 15) is 33.6 Å². The van der Waals surface area contributed by atoms with Gasteiger partial charge in [0.2, 0.25) is 0 Å². The molecule has 25 heteroatoms. The van der Waals surface area contributed by atoms with E-state index in [1.807, 2.05) is 20.8 Å². The maximum absolute atomic E-state index is 11.1. The number of ketones is 2. The summed E-state index contributed by atoms with van der Waals surface area (Å²) in [5.74, 6) is 1.59. The molecule has 0 aromatic rings. The average molecular weight is 1150 g/mol. The summed E-state index contributed by atoms with van der Waals surface area (Å²) in [5.41, 5.74) is 0. The molecule has 3 aliphatic heterocycles. The molecule has 0 spiro atoms. The number of aliphatic hydroxyl groups is 4. The van der Waals surface area contributed by atoms with Gasteiger partial charge < -0.3 is 86.9 Å². The van der Waals surface area contributed by atoms with Crippen LogP contribution in [0.15, 0.2) is 0 Å². The molecule has 0 bridgehead atoms. The van der Waals surface area contributed by atoms with Crippen LogP contribution < -0.4 is 0 Å². The molecule has 4 atom stereocenters. The number of carbonyl (C=O) groups is 7. The molecule has 24 nitrogen and oxygen atoms in total. The number of rotatable bonds is 33. The van der Waals surface area contributed by atoms with E-state index in [4.69, 9.17) is 64.4 Å². The van der Waals surface area contributed by atoms with E-state index in [1.165, 1.54) is 0 Å². The van der Waals surface area contributed by atoms with Gasteiger partial charge in [-0.3, -0.25) is 9.59 Å². The van der Waals surface area contributed by atoms with Crippen molar-refractivity contribution in [1.29, 1.82) is 1.34 Å². The Kier molecular flexibility index (Phi) is 64.3. The van der Waals surface area contributed by atoms with Crippen molar-refractivity contribution in [2.24, 2.45) is 23.7 Å². The van der Waals surface area contributed by atoms with E-state index >= 15 is 0 Å². The number of aliphatic hydroxyl groups excluding tert-OH is 4. The third-order valence-corrected chi connectivity index (χ3v) is 11.1. The molecule has 4 N–H and O–H groups in total. The second-order valence-electron chi connectivity index (χ2n) is 17.8. The summed E-state index contributed by atoms with van der Waals surface area (Å²) in [7, 11) is 1.60. The topological polar surface area (TPSA) is 328 Å². The predicted molar refractivity (Wildman–Crippen MR) is 290 cm³/mol. The molecule has 3 fully saturated rings. The summed E-state index contributed by atoms with van der Waals surface area (Å²) < 4.78 is 71.6. The SMILES string of the molecule is CC(=O)CCC(CCO)C(CCO)CCC(C)=O.CCCOCCO.CCCOCCOC(=O)OCCCO.CCCOCCOC(=O)OCCCOC.O=C1CCC(C2CCOC(=O)CC2)CCO1.O=C1OCCCO1.[2H]B=O. The number of methoxy groups -OCH3 is 1. The second-order valence-corrected chi connectivity index (χ2v) is 17.8. The van der Waals surface area contributed by atoms with E-state index < -0.39 is 18.5 Å². The molecule has 0 aromatic heterocycles. The molecule has 3 rings (SSSR count). The minimum atomic E-state index is -0.710. The number of carbonyl (C=O) groups excluding carboxylic acids is 7. The summed E-state index contributed by atoms with van der Waals surface area (Å²) >= 11 is 0. The van der Waals surface area contributed by atoms with E-state index in [1.54, 1.807) is 21.0 Å². The third-order valence-electron chi connectivity index (χ3n) is 11.1. The van der Waals surface area contributed by atoms with Crippen LogP contribution in [-0.2, 0) is 80.7 Å². The number of Topliss-reactive ketones (excluding diaryl/α,β-unsaturated/α-hetero) is 2. The van der Waals surface area contributed by atoms with E-state index in [0.717, 1.165) is 70.8 Å². The van der Waals surface area contributed by atoms with Crippen LogP contribution in [0.1, 0.15) is 150 Å². The molecular formula is C54H101BO24. The van der Waals surface area contributed by atoms with Gasteiger partial charge >= 0.3 is 44.1 Å². The van der Waals surface area contributed by atoms with Gasteiger partial charge in [0.1, 0.15) is 24.8 Å². The number of hydrogen-bond acceptors (Lipinski definition) is 24. The van der Waals surface area contributed by atoms with Gasteiger partial charge in [-0.15, -0.1) is 0 Å². The van der Waals surface area contributed by atoms with E-state index in [0.29, 0.717) is 136 Å². The van der Waals surface area contributed by atoms with Gasteiger partial charge in [-0.1, -0.05) is 20.8 Å². The van der Waals surface area contributed by atoms with Gasteiger partial charge in [0.15, 0.2) is 0 Å². The minimum absolute atomic E-state index is 0. The first-order chi connectivity index (χ1) is 38.6. The normalized spacial score (nSPS) is 16.2. The van der Waals surface area contributed by atoms with Crippen LogP contribution in [0.4, 0.5) is 14.4 Å². The van der Waals surface area contributed by atoms with Crippen molar-refractivity contribution in [3.8, 4) is 0 Å². The Morgan fingerprint density at radius 3 is 1.28 bits per heavy atom. The maximum atomic E-state index is 11.1. The van der Waals surface area contributed by atoms with Crippen molar-refractivity contribution in [3.05, 3.63) is 0 Å². The van der Waals surface area contributed by atoms with Crippen molar-refractivity contribution < 1.29 is 116 Å². The summed E-state index contributed by atoms with van der Waals surface area (Å²) in [6.07, 6.45) is 11.4. The van der Waals surface area contributed by atoms with Crippen LogP contribution in [0.25, 0.3) is 0 Å². The molecular weight excluding hydrogens is 1040 g/mol. The summed E-state index contributed by atoms with van der Waals surface area (Å²) in [6.45, 7) is 16.5. The number of hydrogen-bond donors (Lipinski definition) is 4. The first-order valence-electron chi connectivity index (χ1n) is 28.3. The van der Waals surface area contributed by atoms with Crippen LogP contribution >= 0.6 is 0 Å². The Labute approximate surface area is 471 Å². The van der Waals surface area contributed by atoms with Gasteiger partial charge in [0, 0.05) is 98.3 Å². The van der Waals surface area contributed by atoms with E-state index in [-0.39, 0.29) is 89.3 Å². The van der Waals surface area contributed by atoms with Crippen molar-refractivity contribution in [2.75, 3.05) is 133 Å². The summed E-state index contributed by atoms with van der Waals surface area (Å²) in [4.78, 5) is 76.0. The molecule has 0 aromatic carbocycles. The Balaban J connectivity index is -0.000000439. The fourth-order valence-electron chi connectivity index (χ4n) is 7.22. The number of cyclic esters (lactones) is 4.